The van der Waals surface area contributed by atoms with Crippen molar-refractivity contribution in [3.05, 3.63) is 28.2 Å². The predicted octanol–water partition coefficient (Wildman–Crippen LogP) is 3.59. The molecular weight excluding hydrogens is 231 g/mol. The number of halogens is 2. The van der Waals surface area contributed by atoms with Crippen LogP contribution >= 0.6 is 23.2 Å². The van der Waals surface area contributed by atoms with Gasteiger partial charge in [0.2, 0.25) is 0 Å². The van der Waals surface area contributed by atoms with E-state index in [1.54, 1.807) is 6.07 Å². The molecule has 0 saturated carbocycles. The molecule has 0 aliphatic carbocycles. The van der Waals surface area contributed by atoms with E-state index in [0.29, 0.717) is 16.6 Å². The first-order valence-electron chi connectivity index (χ1n) is 4.61. The summed E-state index contributed by atoms with van der Waals surface area (Å²) in [6.45, 7) is 2.51. The van der Waals surface area contributed by atoms with E-state index in [9.17, 15) is 0 Å². The summed E-state index contributed by atoms with van der Waals surface area (Å²) in [7, 11) is 1.89. The predicted molar refractivity (Wildman–Crippen MR) is 64.5 cm³/mol. The number of anilines is 1. The van der Waals surface area contributed by atoms with Crippen LogP contribution < -0.4 is 4.90 Å². The first kappa shape index (κ1) is 12.2. The van der Waals surface area contributed by atoms with E-state index in [1.807, 2.05) is 31.0 Å². The molecule has 1 unspecified atom stereocenters. The molecule has 0 bridgehead atoms. The quantitative estimate of drug-likeness (QED) is 0.811. The molecule has 4 heteroatoms. The Hall–Kier alpha value is -0.910. The van der Waals surface area contributed by atoms with Crippen molar-refractivity contribution in [2.24, 2.45) is 5.92 Å². The van der Waals surface area contributed by atoms with Crippen LogP contribution in [0.4, 0.5) is 5.69 Å². The first-order chi connectivity index (χ1) is 7.06. The molecule has 0 N–H and O–H groups in total. The normalized spacial score (nSPS) is 11.9. The van der Waals surface area contributed by atoms with Gasteiger partial charge in [0.1, 0.15) is 0 Å². The maximum Gasteiger partial charge on any atom is 0.0825 e. The van der Waals surface area contributed by atoms with Gasteiger partial charge in [0.15, 0.2) is 0 Å². The fourth-order valence-corrected chi connectivity index (χ4v) is 1.78. The van der Waals surface area contributed by atoms with E-state index < -0.39 is 0 Å². The molecule has 0 radical (unpaired) electrons. The average Bonchev–Trinajstić information content (AvgIpc) is 2.21. The summed E-state index contributed by atoms with van der Waals surface area (Å²) < 4.78 is 0. The van der Waals surface area contributed by atoms with Gasteiger partial charge in [-0.1, -0.05) is 29.3 Å². The largest absolute Gasteiger partial charge is 0.372 e. The van der Waals surface area contributed by atoms with Crippen LogP contribution in [0, 0.1) is 17.2 Å². The third kappa shape index (κ3) is 3.02. The molecule has 1 rings (SSSR count). The standard InChI is InChI=1S/C11H12Cl2N2/c1-8(6-14)7-15(2)10-5-3-4-9(12)11(10)13/h3-5,8H,7H2,1-2H3. The SMILES string of the molecule is CC(C#N)CN(C)c1cccc(Cl)c1Cl. The summed E-state index contributed by atoms with van der Waals surface area (Å²) in [6, 6.07) is 7.66. The Balaban J connectivity index is 2.87. The zero-order valence-electron chi connectivity index (χ0n) is 8.67. The molecule has 0 amide bonds. The van der Waals surface area contributed by atoms with E-state index >= 15 is 0 Å². The van der Waals surface area contributed by atoms with Gasteiger partial charge in [-0.2, -0.15) is 5.26 Å². The van der Waals surface area contributed by atoms with Crippen molar-refractivity contribution in [2.45, 2.75) is 6.92 Å². The van der Waals surface area contributed by atoms with Crippen molar-refractivity contribution in [3.8, 4) is 6.07 Å². The first-order valence-corrected chi connectivity index (χ1v) is 5.36. The Morgan fingerprint density at radius 3 is 2.73 bits per heavy atom. The van der Waals surface area contributed by atoms with E-state index in [2.05, 4.69) is 6.07 Å². The highest BCUT2D eigenvalue weighted by Crippen LogP contribution is 2.31. The molecule has 0 aromatic heterocycles. The Morgan fingerprint density at radius 1 is 1.47 bits per heavy atom. The van der Waals surface area contributed by atoms with Crippen molar-refractivity contribution in [1.82, 2.24) is 0 Å². The van der Waals surface area contributed by atoms with Gasteiger partial charge in [0, 0.05) is 13.6 Å². The molecule has 1 aromatic carbocycles. The van der Waals surface area contributed by atoms with Crippen LogP contribution in [0.3, 0.4) is 0 Å². The summed E-state index contributed by atoms with van der Waals surface area (Å²) in [4.78, 5) is 1.93. The van der Waals surface area contributed by atoms with Crippen molar-refractivity contribution in [2.75, 3.05) is 18.5 Å². The second kappa shape index (κ2) is 5.25. The lowest BCUT2D eigenvalue weighted by Gasteiger charge is -2.21. The summed E-state index contributed by atoms with van der Waals surface area (Å²) in [5, 5.41) is 9.79. The minimum Gasteiger partial charge on any atom is -0.372 e. The third-order valence-electron chi connectivity index (χ3n) is 2.11. The van der Waals surface area contributed by atoms with Crippen LogP contribution in [-0.4, -0.2) is 13.6 Å². The van der Waals surface area contributed by atoms with Crippen LogP contribution in [0.15, 0.2) is 18.2 Å². The highest BCUT2D eigenvalue weighted by atomic mass is 35.5. The van der Waals surface area contributed by atoms with Gasteiger partial charge < -0.3 is 4.90 Å². The summed E-state index contributed by atoms with van der Waals surface area (Å²) in [5.41, 5.74) is 0.853. The number of nitriles is 1. The second-order valence-electron chi connectivity index (χ2n) is 3.48. The lowest BCUT2D eigenvalue weighted by molar-refractivity contribution is 0.716. The molecular formula is C11H12Cl2N2. The third-order valence-corrected chi connectivity index (χ3v) is 2.92. The van der Waals surface area contributed by atoms with Gasteiger partial charge in [-0.15, -0.1) is 0 Å². The average molecular weight is 243 g/mol. The van der Waals surface area contributed by atoms with Crippen molar-refractivity contribution >= 4 is 28.9 Å². The number of rotatable bonds is 3. The van der Waals surface area contributed by atoms with Gasteiger partial charge >= 0.3 is 0 Å². The minimum atomic E-state index is -0.0370. The van der Waals surface area contributed by atoms with Crippen molar-refractivity contribution in [1.29, 1.82) is 5.26 Å². The molecule has 0 aliphatic heterocycles. The van der Waals surface area contributed by atoms with Gasteiger partial charge in [0.05, 0.1) is 27.7 Å². The van der Waals surface area contributed by atoms with E-state index in [0.717, 1.165) is 5.69 Å². The zero-order chi connectivity index (χ0) is 11.4. The number of hydrogen-bond acceptors (Lipinski definition) is 2. The topological polar surface area (TPSA) is 27.0 Å². The van der Waals surface area contributed by atoms with Crippen molar-refractivity contribution < 1.29 is 0 Å². The van der Waals surface area contributed by atoms with Crippen LogP contribution in [0.25, 0.3) is 0 Å². The highest BCUT2D eigenvalue weighted by molar-refractivity contribution is 6.43. The Kier molecular flexibility index (Phi) is 4.26. The van der Waals surface area contributed by atoms with Crippen LogP contribution in [-0.2, 0) is 0 Å². The van der Waals surface area contributed by atoms with E-state index in [1.165, 1.54) is 0 Å². The van der Waals surface area contributed by atoms with E-state index in [-0.39, 0.29) is 5.92 Å². The molecule has 1 aromatic rings. The second-order valence-corrected chi connectivity index (χ2v) is 4.27. The molecule has 15 heavy (non-hydrogen) atoms. The smallest absolute Gasteiger partial charge is 0.0825 e. The Labute approximate surface area is 100 Å². The zero-order valence-corrected chi connectivity index (χ0v) is 10.2. The fraction of sp³-hybridized carbons (Fsp3) is 0.364. The molecule has 0 spiro atoms. The lowest BCUT2D eigenvalue weighted by atomic mass is 10.2. The molecule has 80 valence electrons. The Morgan fingerprint density at radius 2 is 2.13 bits per heavy atom. The molecule has 0 heterocycles. The summed E-state index contributed by atoms with van der Waals surface area (Å²) in [5.74, 6) is -0.0370. The maximum absolute atomic E-state index is 8.72. The lowest BCUT2D eigenvalue weighted by Crippen LogP contribution is -2.23. The molecule has 0 fully saturated rings. The van der Waals surface area contributed by atoms with Gasteiger partial charge in [-0.05, 0) is 19.1 Å². The van der Waals surface area contributed by atoms with Gasteiger partial charge in [-0.3, -0.25) is 0 Å². The van der Waals surface area contributed by atoms with Crippen LogP contribution in [0.5, 0.6) is 0 Å². The molecule has 0 saturated heterocycles. The van der Waals surface area contributed by atoms with Crippen LogP contribution in [0.1, 0.15) is 6.92 Å². The van der Waals surface area contributed by atoms with E-state index in [4.69, 9.17) is 28.5 Å². The van der Waals surface area contributed by atoms with Gasteiger partial charge in [0.25, 0.3) is 0 Å². The number of benzene rings is 1. The van der Waals surface area contributed by atoms with Crippen molar-refractivity contribution in [3.63, 3.8) is 0 Å². The number of hydrogen-bond donors (Lipinski definition) is 0. The summed E-state index contributed by atoms with van der Waals surface area (Å²) >= 11 is 12.0. The molecule has 0 aliphatic rings. The highest BCUT2D eigenvalue weighted by Gasteiger charge is 2.11. The van der Waals surface area contributed by atoms with Crippen LogP contribution in [0.2, 0.25) is 10.0 Å². The Bertz CT molecular complexity index is 385. The number of nitrogens with zero attached hydrogens (tertiary/aromatic N) is 2. The summed E-state index contributed by atoms with van der Waals surface area (Å²) in [6.07, 6.45) is 0. The monoisotopic (exact) mass is 242 g/mol. The minimum absolute atomic E-state index is 0.0370. The molecule has 2 nitrogen and oxygen atoms in total. The molecule has 1 atom stereocenters. The fourth-order valence-electron chi connectivity index (χ4n) is 1.34. The van der Waals surface area contributed by atoms with Gasteiger partial charge in [-0.25, -0.2) is 0 Å². The maximum atomic E-state index is 8.72.